The topological polar surface area (TPSA) is 64.8 Å². The lowest BCUT2D eigenvalue weighted by molar-refractivity contribution is -0.140. The van der Waals surface area contributed by atoms with Crippen LogP contribution in [0.15, 0.2) is 11.3 Å². The number of carbonyl (C=O) groups is 1. The van der Waals surface area contributed by atoms with Crippen LogP contribution in [0.4, 0.5) is 0 Å². The fraction of sp³-hybridized carbons (Fsp3) is 0.667. The van der Waals surface area contributed by atoms with Crippen molar-refractivity contribution in [3.63, 3.8) is 0 Å². The smallest absolute Gasteiger partial charge is 0.248 e. The molecule has 2 saturated heterocycles. The molecule has 112 valence electrons. The predicted molar refractivity (Wildman–Crippen MR) is 83.9 cm³/mol. The Hall–Kier alpha value is -0.340. The van der Waals surface area contributed by atoms with Crippen molar-refractivity contribution in [1.29, 1.82) is 0 Å². The fourth-order valence-electron chi connectivity index (χ4n) is 2.75. The Morgan fingerprint density at radius 3 is 2.95 bits per heavy atom. The number of thiocarbonyl (C=S) groups is 1. The molecule has 2 unspecified atom stereocenters. The fourth-order valence-corrected chi connectivity index (χ4v) is 4.38. The third-order valence-corrected chi connectivity index (χ3v) is 5.52. The van der Waals surface area contributed by atoms with E-state index < -0.39 is 6.04 Å². The zero-order chi connectivity index (χ0) is 13.6. The second kappa shape index (κ2) is 6.19. The molecule has 3 aliphatic rings. The van der Waals surface area contributed by atoms with Gasteiger partial charge in [-0.1, -0.05) is 0 Å². The van der Waals surface area contributed by atoms with Crippen molar-refractivity contribution < 1.29 is 14.3 Å². The zero-order valence-electron chi connectivity index (χ0n) is 11.0. The number of fused-ring (bicyclic) bond motifs is 1. The molecule has 0 bridgehead atoms. The van der Waals surface area contributed by atoms with Gasteiger partial charge in [-0.15, -0.1) is 24.2 Å². The lowest BCUT2D eigenvalue weighted by Gasteiger charge is -2.49. The van der Waals surface area contributed by atoms with Crippen molar-refractivity contribution in [1.82, 2.24) is 4.90 Å². The number of halogens is 1. The van der Waals surface area contributed by atoms with E-state index in [-0.39, 0.29) is 23.7 Å². The number of nitrogens with two attached hydrogens (primary N) is 1. The van der Waals surface area contributed by atoms with Crippen LogP contribution in [0.25, 0.3) is 0 Å². The van der Waals surface area contributed by atoms with E-state index in [0.29, 0.717) is 17.6 Å². The molecule has 0 aromatic carbocycles. The van der Waals surface area contributed by atoms with Gasteiger partial charge in [0.1, 0.15) is 11.4 Å². The van der Waals surface area contributed by atoms with E-state index in [1.54, 1.807) is 23.8 Å². The van der Waals surface area contributed by atoms with Gasteiger partial charge in [0.25, 0.3) is 0 Å². The second-order valence-corrected chi connectivity index (χ2v) is 6.34. The Morgan fingerprint density at radius 2 is 2.35 bits per heavy atom. The quantitative estimate of drug-likeness (QED) is 0.597. The summed E-state index contributed by atoms with van der Waals surface area (Å²) in [5, 5.41) is 0.383. The van der Waals surface area contributed by atoms with Crippen molar-refractivity contribution in [2.45, 2.75) is 17.8 Å². The van der Waals surface area contributed by atoms with Crippen LogP contribution in [0.5, 0.6) is 0 Å². The van der Waals surface area contributed by atoms with Gasteiger partial charge in [0.2, 0.25) is 11.0 Å². The average Bonchev–Trinajstić information content (AvgIpc) is 2.97. The van der Waals surface area contributed by atoms with E-state index in [9.17, 15) is 4.79 Å². The van der Waals surface area contributed by atoms with E-state index in [1.807, 2.05) is 0 Å². The molecule has 3 rings (SSSR count). The van der Waals surface area contributed by atoms with Gasteiger partial charge in [-0.25, -0.2) is 0 Å². The third kappa shape index (κ3) is 2.35. The molecule has 0 saturated carbocycles. The van der Waals surface area contributed by atoms with Crippen molar-refractivity contribution in [2.75, 3.05) is 26.1 Å². The molecule has 0 aliphatic carbocycles. The normalized spacial score (nSPS) is 32.4. The molecule has 5 nitrogen and oxygen atoms in total. The number of thioether (sulfide) groups is 1. The summed E-state index contributed by atoms with van der Waals surface area (Å²) >= 11 is 6.98. The molecule has 3 atom stereocenters. The Bertz CT molecular complexity index is 466. The number of ether oxygens (including phenoxy) is 2. The Kier molecular flexibility index (Phi) is 4.96. The van der Waals surface area contributed by atoms with Crippen molar-refractivity contribution >= 4 is 47.3 Å². The van der Waals surface area contributed by atoms with Gasteiger partial charge in [-0.2, -0.15) is 0 Å². The van der Waals surface area contributed by atoms with Gasteiger partial charge in [0, 0.05) is 18.3 Å². The number of nitrogens with zero attached hydrogens (tertiary/aromatic N) is 1. The van der Waals surface area contributed by atoms with Crippen LogP contribution < -0.4 is 5.73 Å². The first-order chi connectivity index (χ1) is 9.15. The minimum atomic E-state index is -0.416. The molecule has 3 aliphatic heterocycles. The highest BCUT2D eigenvalue weighted by Crippen LogP contribution is 2.43. The highest BCUT2D eigenvalue weighted by Gasteiger charge is 2.51. The summed E-state index contributed by atoms with van der Waals surface area (Å²) in [6, 6.07) is -0.416. The maximum atomic E-state index is 12.0. The number of amides is 1. The summed E-state index contributed by atoms with van der Waals surface area (Å²) in [4.78, 5) is 13.7. The van der Waals surface area contributed by atoms with Gasteiger partial charge in [-0.05, 0) is 24.2 Å². The summed E-state index contributed by atoms with van der Waals surface area (Å²) < 4.78 is 10.6. The van der Waals surface area contributed by atoms with E-state index >= 15 is 0 Å². The molecule has 20 heavy (non-hydrogen) atoms. The first-order valence-corrected chi connectivity index (χ1v) is 7.70. The van der Waals surface area contributed by atoms with Crippen LogP contribution in [0.1, 0.15) is 6.42 Å². The van der Waals surface area contributed by atoms with Gasteiger partial charge in [0.05, 0.1) is 19.4 Å². The van der Waals surface area contributed by atoms with Crippen molar-refractivity contribution in [3.8, 4) is 0 Å². The lowest BCUT2D eigenvalue weighted by atomic mass is 9.94. The maximum Gasteiger partial charge on any atom is 0.248 e. The van der Waals surface area contributed by atoms with E-state index in [0.717, 1.165) is 24.5 Å². The highest BCUT2D eigenvalue weighted by atomic mass is 35.5. The lowest BCUT2D eigenvalue weighted by Crippen LogP contribution is -2.68. The predicted octanol–water partition coefficient (Wildman–Crippen LogP) is 0.915. The van der Waals surface area contributed by atoms with Gasteiger partial charge in [0.15, 0.2) is 0 Å². The van der Waals surface area contributed by atoms with Crippen LogP contribution in [0.2, 0.25) is 0 Å². The molecule has 0 aromatic rings. The molecule has 8 heteroatoms. The number of β-lactam (4-membered cyclic amide) rings is 1. The molecule has 0 spiro atoms. The third-order valence-electron chi connectivity index (χ3n) is 3.84. The molecular weight excluding hydrogens is 320 g/mol. The monoisotopic (exact) mass is 336 g/mol. The first-order valence-electron chi connectivity index (χ1n) is 6.24. The first kappa shape index (κ1) is 16.0. The number of hydrogen-bond donors (Lipinski definition) is 1. The zero-order valence-corrected chi connectivity index (χ0v) is 13.5. The van der Waals surface area contributed by atoms with Crippen LogP contribution in [-0.4, -0.2) is 53.3 Å². The molecule has 0 aromatic heterocycles. The minimum absolute atomic E-state index is 0. The van der Waals surface area contributed by atoms with Gasteiger partial charge >= 0.3 is 0 Å². The minimum Gasteiger partial charge on any atom is -0.485 e. The summed E-state index contributed by atoms with van der Waals surface area (Å²) in [6.45, 7) is 1.47. The maximum absolute atomic E-state index is 12.0. The average molecular weight is 337 g/mol. The molecule has 2 N–H and O–H groups in total. The Balaban J connectivity index is 0.00000147. The molecule has 3 heterocycles. The van der Waals surface area contributed by atoms with E-state index in [2.05, 4.69) is 0 Å². The van der Waals surface area contributed by atoms with Crippen LogP contribution >= 0.6 is 36.4 Å². The largest absolute Gasteiger partial charge is 0.485 e. The summed E-state index contributed by atoms with van der Waals surface area (Å²) in [6.07, 6.45) is 0.977. The van der Waals surface area contributed by atoms with Gasteiger partial charge in [-0.3, -0.25) is 9.69 Å². The van der Waals surface area contributed by atoms with Gasteiger partial charge < -0.3 is 15.2 Å². The molecular formula is C12H17ClN2O3S2. The molecule has 0 radical (unpaired) electrons. The number of rotatable bonds is 2. The van der Waals surface area contributed by atoms with Crippen LogP contribution in [0, 0.1) is 5.92 Å². The summed E-state index contributed by atoms with van der Waals surface area (Å²) in [5.41, 5.74) is 7.78. The Morgan fingerprint density at radius 1 is 1.60 bits per heavy atom. The standard InChI is InChI=1S/C12H16N2O3S2.ClH/c1-16-12(18)9-7(6-2-3-17-4-6)5-19-11-8(13)10(15)14(9)11;/h6,8,11H,2-5,13H2,1H3;1H/t6?,8?,11-;/m1./s1. The summed E-state index contributed by atoms with van der Waals surface area (Å²) in [7, 11) is 1.54. The molecule has 2 fully saturated rings. The highest BCUT2D eigenvalue weighted by molar-refractivity contribution is 8.00. The van der Waals surface area contributed by atoms with Crippen molar-refractivity contribution in [2.24, 2.45) is 11.7 Å². The van der Waals surface area contributed by atoms with Crippen LogP contribution in [0.3, 0.4) is 0 Å². The summed E-state index contributed by atoms with van der Waals surface area (Å²) in [5.74, 6) is 1.11. The molecule has 1 amide bonds. The van der Waals surface area contributed by atoms with Crippen molar-refractivity contribution in [3.05, 3.63) is 11.3 Å². The SMILES string of the molecule is COC(=S)C1=C(C2CCOC2)CS[C@@H]2C(N)C(=O)N12.Cl. The Labute approximate surface area is 133 Å². The number of methoxy groups -OCH3 is 1. The number of carbonyl (C=O) groups excluding carboxylic acids is 1. The van der Waals surface area contributed by atoms with Crippen LogP contribution in [-0.2, 0) is 14.3 Å². The van der Waals surface area contributed by atoms with E-state index in [4.69, 9.17) is 27.4 Å². The number of hydrogen-bond acceptors (Lipinski definition) is 6. The second-order valence-electron chi connectivity index (χ2n) is 4.86. The van der Waals surface area contributed by atoms with E-state index in [1.165, 1.54) is 5.57 Å².